The molecular weight excluding hydrogens is 434 g/mol. The van der Waals surface area contributed by atoms with Gasteiger partial charge in [-0.25, -0.2) is 4.79 Å². The molecule has 0 aromatic heterocycles. The van der Waals surface area contributed by atoms with E-state index >= 15 is 0 Å². The third-order valence-corrected chi connectivity index (χ3v) is 5.85. The molecule has 1 saturated carbocycles. The minimum Gasteiger partial charge on any atom is -0.323 e. The van der Waals surface area contributed by atoms with Gasteiger partial charge in [-0.2, -0.15) is 0 Å². The number of halogens is 1. The number of benzene rings is 2. The van der Waals surface area contributed by atoms with Gasteiger partial charge in [-0.15, -0.1) is 0 Å². The predicted octanol–water partition coefficient (Wildman–Crippen LogP) is 3.29. The number of fused-ring (bicyclic) bond motifs is 1. The van der Waals surface area contributed by atoms with Gasteiger partial charge in [0.05, 0.1) is 23.6 Å². The Bertz CT molecular complexity index is 1160. The molecule has 164 valence electrons. The molecule has 2 aromatic rings. The van der Waals surface area contributed by atoms with Crippen molar-refractivity contribution in [2.45, 2.75) is 31.8 Å². The quantitative estimate of drug-likeness (QED) is 0.565. The number of ketones is 2. The molecule has 1 aliphatic heterocycles. The lowest BCUT2D eigenvalue weighted by Gasteiger charge is -2.27. The predicted molar refractivity (Wildman–Crippen MR) is 117 cm³/mol. The molecule has 1 heterocycles. The first-order valence-corrected chi connectivity index (χ1v) is 10.5. The normalized spacial score (nSPS) is 18.1. The van der Waals surface area contributed by atoms with Crippen molar-refractivity contribution in [1.29, 1.82) is 0 Å². The summed E-state index contributed by atoms with van der Waals surface area (Å²) in [7, 11) is 1.56. The van der Waals surface area contributed by atoms with E-state index in [-0.39, 0.29) is 42.7 Å². The average Bonchev–Trinajstić information content (AvgIpc) is 2.99. The third-order valence-electron chi connectivity index (χ3n) is 5.61. The van der Waals surface area contributed by atoms with Crippen LogP contribution in [-0.4, -0.2) is 52.3 Å². The number of urea groups is 1. The zero-order valence-corrected chi connectivity index (χ0v) is 18.0. The topological polar surface area (TPSA) is 104 Å². The first-order chi connectivity index (χ1) is 15.3. The van der Waals surface area contributed by atoms with Crippen LogP contribution < -0.4 is 5.32 Å². The molecule has 8 nitrogen and oxygen atoms in total. The Morgan fingerprint density at radius 3 is 2.59 bits per heavy atom. The van der Waals surface area contributed by atoms with E-state index in [1.807, 2.05) is 0 Å². The van der Waals surface area contributed by atoms with E-state index in [1.165, 1.54) is 11.0 Å². The number of imide groups is 1. The summed E-state index contributed by atoms with van der Waals surface area (Å²) in [5.74, 6) is -1.73. The first kappa shape index (κ1) is 21.7. The van der Waals surface area contributed by atoms with Crippen LogP contribution in [-0.2, 0) is 16.1 Å². The molecular formula is C23H20ClN3O5. The summed E-state index contributed by atoms with van der Waals surface area (Å²) in [4.78, 5) is 64.9. The zero-order valence-electron chi connectivity index (χ0n) is 17.3. The van der Waals surface area contributed by atoms with Crippen molar-refractivity contribution in [3.05, 3.63) is 64.2 Å². The number of Topliss-reactive ketones (excluding diaryl/α,β-unsaturated/α-hetero) is 2. The Kier molecular flexibility index (Phi) is 5.80. The van der Waals surface area contributed by atoms with Crippen LogP contribution in [0.4, 0.5) is 10.5 Å². The van der Waals surface area contributed by atoms with Crippen molar-refractivity contribution in [2.75, 3.05) is 12.4 Å². The van der Waals surface area contributed by atoms with Crippen LogP contribution in [0.5, 0.6) is 0 Å². The average molecular weight is 454 g/mol. The smallest absolute Gasteiger partial charge is 0.321 e. The van der Waals surface area contributed by atoms with Crippen LogP contribution in [0.3, 0.4) is 0 Å². The summed E-state index contributed by atoms with van der Waals surface area (Å²) >= 11 is 5.95. The molecule has 0 saturated heterocycles. The van der Waals surface area contributed by atoms with Gasteiger partial charge >= 0.3 is 6.03 Å². The van der Waals surface area contributed by atoms with Gasteiger partial charge < -0.3 is 10.2 Å². The first-order valence-electron chi connectivity index (χ1n) is 10.1. The summed E-state index contributed by atoms with van der Waals surface area (Å²) < 4.78 is 0. The number of nitrogens with one attached hydrogen (secondary N) is 1. The molecule has 2 aliphatic rings. The second kappa shape index (κ2) is 8.55. The van der Waals surface area contributed by atoms with Gasteiger partial charge in [-0.3, -0.25) is 24.1 Å². The summed E-state index contributed by atoms with van der Waals surface area (Å²) in [5.41, 5.74) is 1.40. The third kappa shape index (κ3) is 4.01. The summed E-state index contributed by atoms with van der Waals surface area (Å²) in [5, 5.41) is 3.21. The van der Waals surface area contributed by atoms with Crippen molar-refractivity contribution < 1.29 is 24.0 Å². The standard InChI is InChI=1S/C23H20ClN3O5/c1-26(23(32)25-15-6-3-5-14(24)10-15)12-13-4-2-7-17-20(13)22(31)27(21(17)30)18-9-8-16(28)11-19(18)29/h2-7,10,18H,8-9,11-12H2,1H3,(H,25,32). The molecule has 32 heavy (non-hydrogen) atoms. The molecule has 9 heteroatoms. The molecule has 1 atom stereocenters. The molecule has 1 unspecified atom stereocenters. The highest BCUT2D eigenvalue weighted by Gasteiger charge is 2.45. The number of hydrogen-bond acceptors (Lipinski definition) is 5. The van der Waals surface area contributed by atoms with Gasteiger partial charge in [0.25, 0.3) is 11.8 Å². The van der Waals surface area contributed by atoms with Gasteiger partial charge in [0.15, 0.2) is 5.78 Å². The molecule has 0 radical (unpaired) electrons. The number of nitrogens with zero attached hydrogens (tertiary/aromatic N) is 2. The molecule has 1 fully saturated rings. The summed E-state index contributed by atoms with van der Waals surface area (Å²) in [6, 6.07) is 10.2. The van der Waals surface area contributed by atoms with E-state index in [0.717, 1.165) is 4.90 Å². The van der Waals surface area contributed by atoms with Crippen LogP contribution in [0.25, 0.3) is 0 Å². The lowest BCUT2D eigenvalue weighted by atomic mass is 9.92. The molecule has 0 bridgehead atoms. The molecule has 4 amide bonds. The van der Waals surface area contributed by atoms with E-state index in [9.17, 15) is 24.0 Å². The molecule has 1 aliphatic carbocycles. The highest BCUT2D eigenvalue weighted by atomic mass is 35.5. The van der Waals surface area contributed by atoms with E-state index in [2.05, 4.69) is 5.32 Å². The monoisotopic (exact) mass is 453 g/mol. The van der Waals surface area contributed by atoms with Crippen LogP contribution in [0, 0.1) is 0 Å². The van der Waals surface area contributed by atoms with Crippen molar-refractivity contribution >= 4 is 46.7 Å². The largest absolute Gasteiger partial charge is 0.323 e. The Morgan fingerprint density at radius 1 is 1.12 bits per heavy atom. The maximum Gasteiger partial charge on any atom is 0.321 e. The Hall–Kier alpha value is -3.52. The molecule has 1 N–H and O–H groups in total. The summed E-state index contributed by atoms with van der Waals surface area (Å²) in [6.45, 7) is 0.0690. The number of hydrogen-bond donors (Lipinski definition) is 1. The van der Waals surface area contributed by atoms with Crippen LogP contribution >= 0.6 is 11.6 Å². The van der Waals surface area contributed by atoms with Gasteiger partial charge in [0.2, 0.25) is 0 Å². The van der Waals surface area contributed by atoms with Crippen molar-refractivity contribution in [3.8, 4) is 0 Å². The second-order valence-electron chi connectivity index (χ2n) is 7.85. The minimum absolute atomic E-state index is 0.0690. The van der Waals surface area contributed by atoms with Crippen molar-refractivity contribution in [2.24, 2.45) is 0 Å². The lowest BCUT2D eigenvalue weighted by molar-refractivity contribution is -0.132. The van der Waals surface area contributed by atoms with Gasteiger partial charge in [-0.1, -0.05) is 29.8 Å². The Morgan fingerprint density at radius 2 is 1.88 bits per heavy atom. The number of carbonyl (C=O) groups excluding carboxylic acids is 5. The maximum atomic E-state index is 13.2. The zero-order chi connectivity index (χ0) is 23.0. The van der Waals surface area contributed by atoms with Crippen LogP contribution in [0.2, 0.25) is 5.02 Å². The number of anilines is 1. The van der Waals surface area contributed by atoms with Crippen LogP contribution in [0.15, 0.2) is 42.5 Å². The fourth-order valence-corrected chi connectivity index (χ4v) is 4.22. The molecule has 2 aromatic carbocycles. The van der Waals surface area contributed by atoms with E-state index in [4.69, 9.17) is 11.6 Å². The highest BCUT2D eigenvalue weighted by Crippen LogP contribution is 2.31. The second-order valence-corrected chi connectivity index (χ2v) is 8.29. The number of carbonyl (C=O) groups is 5. The van der Waals surface area contributed by atoms with Gasteiger partial charge in [0.1, 0.15) is 5.78 Å². The maximum absolute atomic E-state index is 13.2. The van der Waals surface area contributed by atoms with Gasteiger partial charge in [0, 0.05) is 30.7 Å². The van der Waals surface area contributed by atoms with Gasteiger partial charge in [-0.05, 0) is 36.2 Å². The van der Waals surface area contributed by atoms with Crippen molar-refractivity contribution in [1.82, 2.24) is 9.80 Å². The summed E-state index contributed by atoms with van der Waals surface area (Å²) in [6.07, 6.45) is 0.0286. The number of rotatable bonds is 4. The SMILES string of the molecule is CN(Cc1cccc2c1C(=O)N(C1CCC(=O)CC1=O)C2=O)C(=O)Nc1cccc(Cl)c1. The Balaban J connectivity index is 1.54. The van der Waals surface area contributed by atoms with Crippen LogP contribution in [0.1, 0.15) is 45.5 Å². The molecule has 0 spiro atoms. The van der Waals surface area contributed by atoms with E-state index in [0.29, 0.717) is 16.3 Å². The minimum atomic E-state index is -0.934. The van der Waals surface area contributed by atoms with Crippen molar-refractivity contribution in [3.63, 3.8) is 0 Å². The lowest BCUT2D eigenvalue weighted by Crippen LogP contribution is -2.47. The van der Waals surface area contributed by atoms with E-state index in [1.54, 1.807) is 43.4 Å². The fraction of sp³-hybridized carbons (Fsp3) is 0.261. The highest BCUT2D eigenvalue weighted by molar-refractivity contribution is 6.31. The fourth-order valence-electron chi connectivity index (χ4n) is 4.03. The number of amides is 4. The Labute approximate surface area is 189 Å². The van der Waals surface area contributed by atoms with E-state index < -0.39 is 29.7 Å². The molecule has 4 rings (SSSR count).